The Morgan fingerprint density at radius 3 is 2.75 bits per heavy atom. The van der Waals surface area contributed by atoms with E-state index < -0.39 is 10.0 Å². The zero-order valence-electron chi connectivity index (χ0n) is 18.0. The van der Waals surface area contributed by atoms with Crippen LogP contribution in [0.3, 0.4) is 0 Å². The molecule has 1 unspecified atom stereocenters. The van der Waals surface area contributed by atoms with Gasteiger partial charge in [0.25, 0.3) is 15.9 Å². The molecule has 1 atom stereocenters. The quantitative estimate of drug-likeness (QED) is 0.717. The largest absolute Gasteiger partial charge is 0.338 e. The molecule has 3 heterocycles. The topological polar surface area (TPSA) is 111 Å². The Hall–Kier alpha value is -3.14. The van der Waals surface area contributed by atoms with Crippen molar-refractivity contribution in [2.24, 2.45) is 10.3 Å². The molecule has 2 N–H and O–H groups in total. The summed E-state index contributed by atoms with van der Waals surface area (Å²) >= 11 is 0. The smallest absolute Gasteiger partial charge is 0.319 e. The molecule has 32 heavy (non-hydrogen) atoms. The molecule has 0 radical (unpaired) electrons. The lowest BCUT2D eigenvalue weighted by Crippen LogP contribution is -2.48. The van der Waals surface area contributed by atoms with E-state index >= 15 is 0 Å². The van der Waals surface area contributed by atoms with Gasteiger partial charge in [-0.05, 0) is 50.0 Å². The SMILES string of the molecule is Cc1ccc(NC(=O)NCC2CCCN(C(=O)C3=CC=CN4CCS(=O)(=O)N=C34)C2)cc1. The number of carbonyl (C=O) groups is 2. The second kappa shape index (κ2) is 9.15. The predicted octanol–water partition coefficient (Wildman–Crippen LogP) is 1.85. The van der Waals surface area contributed by atoms with Crippen LogP contribution in [0.15, 0.2) is 52.6 Å². The lowest BCUT2D eigenvalue weighted by atomic mass is 9.97. The van der Waals surface area contributed by atoms with Crippen LogP contribution >= 0.6 is 0 Å². The number of hydrogen-bond acceptors (Lipinski definition) is 5. The van der Waals surface area contributed by atoms with Gasteiger partial charge in [0.05, 0.1) is 11.3 Å². The van der Waals surface area contributed by atoms with Crippen molar-refractivity contribution in [2.75, 3.05) is 37.2 Å². The summed E-state index contributed by atoms with van der Waals surface area (Å²) in [6.07, 6.45) is 6.81. The molecule has 1 aromatic rings. The van der Waals surface area contributed by atoms with Gasteiger partial charge < -0.3 is 20.4 Å². The molecule has 0 spiro atoms. The Bertz CT molecular complexity index is 1090. The highest BCUT2D eigenvalue weighted by molar-refractivity contribution is 7.90. The van der Waals surface area contributed by atoms with E-state index in [1.807, 2.05) is 31.2 Å². The Balaban J connectivity index is 1.35. The monoisotopic (exact) mass is 457 g/mol. The third-order valence-corrected chi connectivity index (χ3v) is 6.90. The lowest BCUT2D eigenvalue weighted by molar-refractivity contribution is -0.128. The number of benzene rings is 1. The molecular formula is C22H27N5O4S. The summed E-state index contributed by atoms with van der Waals surface area (Å²) in [4.78, 5) is 28.8. The highest BCUT2D eigenvalue weighted by Crippen LogP contribution is 2.23. The van der Waals surface area contributed by atoms with Crippen LogP contribution in [0.25, 0.3) is 0 Å². The van der Waals surface area contributed by atoms with E-state index in [1.165, 1.54) is 0 Å². The molecule has 4 rings (SSSR count). The number of amides is 3. The van der Waals surface area contributed by atoms with E-state index in [0.29, 0.717) is 25.2 Å². The maximum atomic E-state index is 13.2. The van der Waals surface area contributed by atoms with Gasteiger partial charge in [-0.15, -0.1) is 4.40 Å². The number of nitrogens with zero attached hydrogens (tertiary/aromatic N) is 3. The molecule has 1 saturated heterocycles. The van der Waals surface area contributed by atoms with Crippen molar-refractivity contribution < 1.29 is 18.0 Å². The molecule has 3 amide bonds. The van der Waals surface area contributed by atoms with Crippen molar-refractivity contribution in [3.63, 3.8) is 0 Å². The number of likely N-dealkylation sites (tertiary alicyclic amines) is 1. The Labute approximate surface area is 187 Å². The fourth-order valence-electron chi connectivity index (χ4n) is 4.02. The molecule has 1 fully saturated rings. The van der Waals surface area contributed by atoms with Crippen molar-refractivity contribution in [3.05, 3.63) is 53.8 Å². The van der Waals surface area contributed by atoms with E-state index in [1.54, 1.807) is 28.2 Å². The number of amidine groups is 1. The summed E-state index contributed by atoms with van der Waals surface area (Å²) in [7, 11) is -3.56. The highest BCUT2D eigenvalue weighted by atomic mass is 32.2. The standard InChI is InChI=1S/C22H27N5O4S/c1-16-6-8-18(9-7-16)24-22(29)23-14-17-4-2-11-27(15-17)21(28)19-5-3-10-26-12-13-32(30,31)25-20(19)26/h3,5-10,17H,2,4,11-15H2,1H3,(H2,23,24,29). The molecule has 1 aromatic carbocycles. The summed E-state index contributed by atoms with van der Waals surface area (Å²) in [6.45, 7) is 3.79. The minimum absolute atomic E-state index is 0.0651. The Morgan fingerprint density at radius 2 is 1.97 bits per heavy atom. The zero-order chi connectivity index (χ0) is 22.7. The molecule has 3 aliphatic rings. The number of sulfonamides is 1. The van der Waals surface area contributed by atoms with Gasteiger partial charge in [-0.1, -0.05) is 17.7 Å². The molecule has 9 nitrogen and oxygen atoms in total. The fraction of sp³-hybridized carbons (Fsp3) is 0.409. The van der Waals surface area contributed by atoms with Crippen LogP contribution in [0.2, 0.25) is 0 Å². The third kappa shape index (κ3) is 5.18. The molecule has 0 saturated carbocycles. The van der Waals surface area contributed by atoms with Crippen molar-refractivity contribution in [3.8, 4) is 0 Å². The first-order valence-electron chi connectivity index (χ1n) is 10.7. The van der Waals surface area contributed by atoms with Crippen LogP contribution in [-0.4, -0.2) is 67.9 Å². The van der Waals surface area contributed by atoms with Gasteiger partial charge >= 0.3 is 6.03 Å². The number of fused-ring (bicyclic) bond motifs is 1. The zero-order valence-corrected chi connectivity index (χ0v) is 18.8. The summed E-state index contributed by atoms with van der Waals surface area (Å²) in [5.74, 6) is 0.0135. The van der Waals surface area contributed by atoms with Gasteiger partial charge in [-0.25, -0.2) is 13.2 Å². The first kappa shape index (κ1) is 22.1. The van der Waals surface area contributed by atoms with Crippen LogP contribution in [0.5, 0.6) is 0 Å². The molecule has 3 aliphatic heterocycles. The van der Waals surface area contributed by atoms with E-state index in [-0.39, 0.29) is 36.0 Å². The maximum Gasteiger partial charge on any atom is 0.319 e. The van der Waals surface area contributed by atoms with Crippen LogP contribution in [0, 0.1) is 12.8 Å². The number of aryl methyl sites for hydroxylation is 1. The summed E-state index contributed by atoms with van der Waals surface area (Å²) in [6, 6.07) is 7.27. The van der Waals surface area contributed by atoms with E-state index in [4.69, 9.17) is 0 Å². The Kier molecular flexibility index (Phi) is 6.31. The minimum atomic E-state index is -3.56. The van der Waals surface area contributed by atoms with Gasteiger partial charge in [0.1, 0.15) is 0 Å². The third-order valence-electron chi connectivity index (χ3n) is 5.75. The molecule has 0 aromatic heterocycles. The van der Waals surface area contributed by atoms with Crippen molar-refractivity contribution in [1.29, 1.82) is 0 Å². The number of anilines is 1. The summed E-state index contributed by atoms with van der Waals surface area (Å²) in [5, 5.41) is 5.69. The maximum absolute atomic E-state index is 13.2. The summed E-state index contributed by atoms with van der Waals surface area (Å²) < 4.78 is 27.8. The minimum Gasteiger partial charge on any atom is -0.338 e. The van der Waals surface area contributed by atoms with Crippen LogP contribution in [0.4, 0.5) is 10.5 Å². The van der Waals surface area contributed by atoms with E-state index in [0.717, 1.165) is 24.1 Å². The fourth-order valence-corrected chi connectivity index (χ4v) is 5.00. The first-order chi connectivity index (χ1) is 15.3. The molecule has 0 bridgehead atoms. The average Bonchev–Trinajstić information content (AvgIpc) is 2.78. The van der Waals surface area contributed by atoms with Crippen LogP contribution in [0.1, 0.15) is 18.4 Å². The summed E-state index contributed by atoms with van der Waals surface area (Å²) in [5.41, 5.74) is 2.13. The number of allylic oxidation sites excluding steroid dienone is 2. The normalized spacial score (nSPS) is 21.8. The Morgan fingerprint density at radius 1 is 1.19 bits per heavy atom. The number of urea groups is 1. The number of nitrogens with one attached hydrogen (secondary N) is 2. The van der Waals surface area contributed by atoms with E-state index in [2.05, 4.69) is 15.0 Å². The van der Waals surface area contributed by atoms with Crippen molar-refractivity contribution in [1.82, 2.24) is 15.1 Å². The van der Waals surface area contributed by atoms with Gasteiger partial charge in [0, 0.05) is 38.1 Å². The number of carbonyl (C=O) groups excluding carboxylic acids is 2. The van der Waals surface area contributed by atoms with Gasteiger partial charge in [-0.2, -0.15) is 0 Å². The first-order valence-corrected chi connectivity index (χ1v) is 12.3. The van der Waals surface area contributed by atoms with Gasteiger partial charge in [0.2, 0.25) is 0 Å². The molecule has 170 valence electrons. The number of rotatable bonds is 4. The van der Waals surface area contributed by atoms with Gasteiger partial charge in [0.15, 0.2) is 5.84 Å². The number of hydrogen-bond donors (Lipinski definition) is 2. The highest BCUT2D eigenvalue weighted by Gasteiger charge is 2.33. The van der Waals surface area contributed by atoms with Crippen LogP contribution < -0.4 is 10.6 Å². The second-order valence-electron chi connectivity index (χ2n) is 8.28. The number of piperidine rings is 1. The molecule has 0 aliphatic carbocycles. The van der Waals surface area contributed by atoms with E-state index in [9.17, 15) is 18.0 Å². The van der Waals surface area contributed by atoms with Crippen molar-refractivity contribution >= 4 is 33.5 Å². The predicted molar refractivity (Wildman–Crippen MR) is 123 cm³/mol. The average molecular weight is 458 g/mol. The van der Waals surface area contributed by atoms with Gasteiger partial charge in [-0.3, -0.25) is 4.79 Å². The van der Waals surface area contributed by atoms with Crippen LogP contribution in [-0.2, 0) is 14.8 Å². The van der Waals surface area contributed by atoms with Crippen molar-refractivity contribution in [2.45, 2.75) is 19.8 Å². The molecule has 10 heteroatoms. The second-order valence-corrected chi connectivity index (χ2v) is 10.0. The lowest BCUT2D eigenvalue weighted by Gasteiger charge is -2.35. The molecular weight excluding hydrogens is 430 g/mol.